The van der Waals surface area contributed by atoms with Gasteiger partial charge in [0.25, 0.3) is 0 Å². The van der Waals surface area contributed by atoms with E-state index in [1.54, 1.807) is 6.92 Å². The molecule has 3 nitrogen and oxygen atoms in total. The first-order valence-electron chi connectivity index (χ1n) is 7.51. The van der Waals surface area contributed by atoms with Crippen molar-refractivity contribution in [2.45, 2.75) is 25.6 Å². The molecule has 124 valence electrons. The van der Waals surface area contributed by atoms with Gasteiger partial charge < -0.3 is 15.3 Å². The van der Waals surface area contributed by atoms with Crippen molar-refractivity contribution in [3.8, 4) is 0 Å². The zero-order valence-electron chi connectivity index (χ0n) is 13.6. The normalized spacial score (nSPS) is 13.7. The van der Waals surface area contributed by atoms with Crippen LogP contribution in [0.25, 0.3) is 0 Å². The Morgan fingerprint density at radius 3 is 2.26 bits per heavy atom. The molecule has 2 atom stereocenters. The SMILES string of the molecule is CC(NCc1ccc(N(C)C)cc1)C(O)c1ccc(F)c(F)c1. The lowest BCUT2D eigenvalue weighted by atomic mass is 10.0. The van der Waals surface area contributed by atoms with Crippen LogP contribution in [0.15, 0.2) is 42.5 Å². The van der Waals surface area contributed by atoms with Crippen LogP contribution in [-0.2, 0) is 6.54 Å². The third-order valence-corrected chi connectivity index (χ3v) is 3.84. The molecule has 0 bridgehead atoms. The van der Waals surface area contributed by atoms with Gasteiger partial charge in [0.1, 0.15) is 0 Å². The largest absolute Gasteiger partial charge is 0.387 e. The molecule has 2 rings (SSSR count). The van der Waals surface area contributed by atoms with E-state index >= 15 is 0 Å². The van der Waals surface area contributed by atoms with Gasteiger partial charge in [0, 0.05) is 32.4 Å². The van der Waals surface area contributed by atoms with Gasteiger partial charge in [-0.3, -0.25) is 0 Å². The Bertz CT molecular complexity index is 644. The number of nitrogens with one attached hydrogen (secondary N) is 1. The molecule has 0 spiro atoms. The molecule has 0 aliphatic heterocycles. The molecule has 2 aromatic carbocycles. The van der Waals surface area contributed by atoms with Gasteiger partial charge in [0.05, 0.1) is 6.10 Å². The van der Waals surface area contributed by atoms with Crippen LogP contribution in [0.5, 0.6) is 0 Å². The number of rotatable bonds is 6. The molecule has 23 heavy (non-hydrogen) atoms. The topological polar surface area (TPSA) is 35.5 Å². The van der Waals surface area contributed by atoms with Crippen LogP contribution in [0.2, 0.25) is 0 Å². The van der Waals surface area contributed by atoms with E-state index in [-0.39, 0.29) is 6.04 Å². The van der Waals surface area contributed by atoms with Crippen LogP contribution in [0.3, 0.4) is 0 Å². The predicted molar refractivity (Wildman–Crippen MR) is 88.4 cm³/mol. The Morgan fingerprint density at radius 1 is 1.04 bits per heavy atom. The summed E-state index contributed by atoms with van der Waals surface area (Å²) in [5, 5.41) is 13.4. The van der Waals surface area contributed by atoms with Gasteiger partial charge in [-0.15, -0.1) is 0 Å². The van der Waals surface area contributed by atoms with Crippen molar-refractivity contribution in [1.82, 2.24) is 5.32 Å². The minimum atomic E-state index is -0.951. The molecular formula is C18H22F2N2O. The first-order chi connectivity index (χ1) is 10.9. The fourth-order valence-electron chi connectivity index (χ4n) is 2.29. The van der Waals surface area contributed by atoms with Crippen molar-refractivity contribution < 1.29 is 13.9 Å². The lowest BCUT2D eigenvalue weighted by Crippen LogP contribution is -2.31. The first kappa shape index (κ1) is 17.4. The molecule has 0 heterocycles. The van der Waals surface area contributed by atoms with E-state index in [9.17, 15) is 13.9 Å². The molecule has 0 saturated carbocycles. The van der Waals surface area contributed by atoms with Crippen molar-refractivity contribution >= 4 is 5.69 Å². The van der Waals surface area contributed by atoms with E-state index in [1.165, 1.54) is 6.07 Å². The number of halogens is 2. The molecular weight excluding hydrogens is 298 g/mol. The number of benzene rings is 2. The first-order valence-corrected chi connectivity index (χ1v) is 7.51. The molecule has 0 fully saturated rings. The van der Waals surface area contributed by atoms with E-state index < -0.39 is 17.7 Å². The fourth-order valence-corrected chi connectivity index (χ4v) is 2.29. The summed E-state index contributed by atoms with van der Waals surface area (Å²) in [5.41, 5.74) is 2.55. The van der Waals surface area contributed by atoms with Crippen molar-refractivity contribution in [3.05, 3.63) is 65.2 Å². The number of aliphatic hydroxyl groups is 1. The minimum absolute atomic E-state index is 0.298. The summed E-state index contributed by atoms with van der Waals surface area (Å²) in [6, 6.07) is 11.2. The molecule has 2 N–H and O–H groups in total. The maximum Gasteiger partial charge on any atom is 0.159 e. The van der Waals surface area contributed by atoms with E-state index in [1.807, 2.05) is 43.3 Å². The van der Waals surface area contributed by atoms with E-state index in [4.69, 9.17) is 0 Å². The van der Waals surface area contributed by atoms with Crippen molar-refractivity contribution in [2.75, 3.05) is 19.0 Å². The smallest absolute Gasteiger partial charge is 0.159 e. The maximum atomic E-state index is 13.2. The zero-order chi connectivity index (χ0) is 17.0. The van der Waals surface area contributed by atoms with Crippen molar-refractivity contribution in [2.24, 2.45) is 0 Å². The molecule has 2 unspecified atom stereocenters. The molecule has 0 saturated heterocycles. The quantitative estimate of drug-likeness (QED) is 0.858. The Morgan fingerprint density at radius 2 is 1.70 bits per heavy atom. The fraction of sp³-hybridized carbons (Fsp3) is 0.333. The Kier molecular flexibility index (Phi) is 5.69. The zero-order valence-corrected chi connectivity index (χ0v) is 13.6. The minimum Gasteiger partial charge on any atom is -0.387 e. The number of aliphatic hydroxyl groups excluding tert-OH is 1. The average molecular weight is 320 g/mol. The van der Waals surface area contributed by atoms with Crippen LogP contribution >= 0.6 is 0 Å². The van der Waals surface area contributed by atoms with Crippen LogP contribution in [-0.4, -0.2) is 25.2 Å². The Hall–Kier alpha value is -1.98. The number of hydrogen-bond acceptors (Lipinski definition) is 3. The number of anilines is 1. The molecule has 5 heteroatoms. The van der Waals surface area contributed by atoms with Crippen LogP contribution < -0.4 is 10.2 Å². The second-order valence-electron chi connectivity index (χ2n) is 5.85. The van der Waals surface area contributed by atoms with E-state index in [0.717, 1.165) is 23.4 Å². The lowest BCUT2D eigenvalue weighted by Gasteiger charge is -2.21. The van der Waals surface area contributed by atoms with E-state index in [2.05, 4.69) is 5.32 Å². The van der Waals surface area contributed by atoms with Gasteiger partial charge in [-0.2, -0.15) is 0 Å². The molecule has 0 aliphatic rings. The molecule has 0 radical (unpaired) electrons. The average Bonchev–Trinajstić information content (AvgIpc) is 2.54. The van der Waals surface area contributed by atoms with Gasteiger partial charge in [0.2, 0.25) is 0 Å². The number of nitrogens with zero attached hydrogens (tertiary/aromatic N) is 1. The highest BCUT2D eigenvalue weighted by atomic mass is 19.2. The summed E-state index contributed by atoms with van der Waals surface area (Å²) in [6.45, 7) is 2.38. The summed E-state index contributed by atoms with van der Waals surface area (Å²) in [7, 11) is 3.96. The molecule has 2 aromatic rings. The van der Waals surface area contributed by atoms with Crippen LogP contribution in [0.1, 0.15) is 24.2 Å². The lowest BCUT2D eigenvalue weighted by molar-refractivity contribution is 0.135. The van der Waals surface area contributed by atoms with Gasteiger partial charge in [-0.1, -0.05) is 18.2 Å². The van der Waals surface area contributed by atoms with Gasteiger partial charge in [-0.05, 0) is 42.3 Å². The van der Waals surface area contributed by atoms with Gasteiger partial charge >= 0.3 is 0 Å². The monoisotopic (exact) mass is 320 g/mol. The third kappa shape index (κ3) is 4.50. The standard InChI is InChI=1S/C18H22F2N2O/c1-12(18(23)14-6-9-16(19)17(20)10-14)21-11-13-4-7-15(8-5-13)22(2)3/h4-10,12,18,21,23H,11H2,1-3H3. The molecule has 0 amide bonds. The molecule has 0 aliphatic carbocycles. The third-order valence-electron chi connectivity index (χ3n) is 3.84. The maximum absolute atomic E-state index is 13.2. The summed E-state index contributed by atoms with van der Waals surface area (Å²) in [5.74, 6) is -1.87. The highest BCUT2D eigenvalue weighted by Gasteiger charge is 2.17. The Labute approximate surface area is 135 Å². The van der Waals surface area contributed by atoms with Gasteiger partial charge in [0.15, 0.2) is 11.6 Å². The molecule has 0 aromatic heterocycles. The summed E-state index contributed by atoms with van der Waals surface area (Å²) in [4.78, 5) is 2.02. The highest BCUT2D eigenvalue weighted by Crippen LogP contribution is 2.20. The van der Waals surface area contributed by atoms with Crippen molar-refractivity contribution in [3.63, 3.8) is 0 Å². The Balaban J connectivity index is 1.95. The number of hydrogen-bond donors (Lipinski definition) is 2. The summed E-state index contributed by atoms with van der Waals surface area (Å²) >= 11 is 0. The highest BCUT2D eigenvalue weighted by molar-refractivity contribution is 5.45. The van der Waals surface area contributed by atoms with Crippen molar-refractivity contribution in [1.29, 1.82) is 0 Å². The van der Waals surface area contributed by atoms with E-state index in [0.29, 0.717) is 12.1 Å². The summed E-state index contributed by atoms with van der Waals surface area (Å²) < 4.78 is 26.2. The van der Waals surface area contributed by atoms with Gasteiger partial charge in [-0.25, -0.2) is 8.78 Å². The second-order valence-corrected chi connectivity index (χ2v) is 5.85. The predicted octanol–water partition coefficient (Wildman–Crippen LogP) is 3.24. The summed E-state index contributed by atoms with van der Waals surface area (Å²) in [6.07, 6.45) is -0.911. The second kappa shape index (κ2) is 7.53. The van der Waals surface area contributed by atoms with Crippen LogP contribution in [0.4, 0.5) is 14.5 Å². The van der Waals surface area contributed by atoms with Crippen LogP contribution in [0, 0.1) is 11.6 Å².